The molecule has 2 aromatic carbocycles. The van der Waals surface area contributed by atoms with E-state index in [1.807, 2.05) is 6.07 Å². The highest BCUT2D eigenvalue weighted by Crippen LogP contribution is 2.56. The lowest BCUT2D eigenvalue weighted by Crippen LogP contribution is -2.31. The first-order valence-corrected chi connectivity index (χ1v) is 11.2. The number of amides is 1. The molecule has 0 aliphatic heterocycles. The van der Waals surface area contributed by atoms with Gasteiger partial charge in [-0.1, -0.05) is 54.1 Å². The number of hydrogen-bond acceptors (Lipinski definition) is 6. The first-order chi connectivity index (χ1) is 14.2. The van der Waals surface area contributed by atoms with E-state index in [9.17, 15) is 19.0 Å². The van der Waals surface area contributed by atoms with Crippen molar-refractivity contribution in [3.63, 3.8) is 0 Å². The quantitative estimate of drug-likeness (QED) is 0.425. The van der Waals surface area contributed by atoms with Crippen molar-refractivity contribution in [3.8, 4) is 0 Å². The van der Waals surface area contributed by atoms with Crippen molar-refractivity contribution in [2.75, 3.05) is 6.61 Å². The van der Waals surface area contributed by atoms with Gasteiger partial charge in [0, 0.05) is 5.02 Å². The number of carbonyl (C=O) groups is 2. The Labute approximate surface area is 179 Å². The summed E-state index contributed by atoms with van der Waals surface area (Å²) in [5.41, 5.74) is 0.994. The third-order valence-electron chi connectivity index (χ3n) is 3.91. The third kappa shape index (κ3) is 7.15. The second kappa shape index (κ2) is 11.1. The van der Waals surface area contributed by atoms with Gasteiger partial charge in [-0.2, -0.15) is 0 Å². The molecule has 10 heteroatoms. The molecule has 162 valence electrons. The number of ether oxygens (including phenoxy) is 2. The van der Waals surface area contributed by atoms with Crippen molar-refractivity contribution in [1.82, 2.24) is 5.32 Å². The molecule has 0 saturated heterocycles. The van der Waals surface area contributed by atoms with Crippen LogP contribution in [0.1, 0.15) is 30.8 Å². The van der Waals surface area contributed by atoms with Crippen molar-refractivity contribution in [1.29, 1.82) is 0 Å². The molecule has 0 saturated carbocycles. The lowest BCUT2D eigenvalue weighted by atomic mass is 10.2. The fourth-order valence-corrected chi connectivity index (χ4v) is 4.07. The molecule has 1 amide bonds. The Hall–Kier alpha value is -2.38. The van der Waals surface area contributed by atoms with E-state index in [-0.39, 0.29) is 18.8 Å². The van der Waals surface area contributed by atoms with E-state index in [1.54, 1.807) is 31.2 Å². The molecule has 1 unspecified atom stereocenters. The molecule has 0 aromatic heterocycles. The van der Waals surface area contributed by atoms with Gasteiger partial charge in [0.15, 0.2) is 11.9 Å². The van der Waals surface area contributed by atoms with Crippen molar-refractivity contribution in [2.24, 2.45) is 0 Å². The van der Waals surface area contributed by atoms with Crippen LogP contribution in [0.5, 0.6) is 0 Å². The van der Waals surface area contributed by atoms with Crippen molar-refractivity contribution < 1.29 is 33.0 Å². The summed E-state index contributed by atoms with van der Waals surface area (Å²) in [7, 11) is -4.58. The summed E-state index contributed by atoms with van der Waals surface area (Å²) in [6.45, 7) is 2.94. The van der Waals surface area contributed by atoms with Gasteiger partial charge in [0.1, 0.15) is 6.61 Å². The van der Waals surface area contributed by atoms with E-state index >= 15 is 0 Å². The maximum atomic E-state index is 13.0. The number of esters is 1. The number of alkyl carbamates (subject to hydrolysis) is 1. The minimum absolute atomic E-state index is 0.0319. The molecule has 0 aliphatic carbocycles. The fourth-order valence-electron chi connectivity index (χ4n) is 2.46. The predicted octanol–water partition coefficient (Wildman–Crippen LogP) is 4.42. The Balaban J connectivity index is 2.17. The van der Waals surface area contributed by atoms with Gasteiger partial charge >= 0.3 is 19.7 Å². The molecule has 0 heterocycles. The largest absolute Gasteiger partial charge is 0.464 e. The van der Waals surface area contributed by atoms with Gasteiger partial charge in [0.05, 0.1) is 6.61 Å². The minimum atomic E-state index is -4.58. The van der Waals surface area contributed by atoms with Crippen LogP contribution in [0.2, 0.25) is 5.02 Å². The monoisotopic (exact) mass is 455 g/mol. The maximum Gasteiger partial charge on any atom is 0.408 e. The predicted molar refractivity (Wildman–Crippen MR) is 111 cm³/mol. The number of rotatable bonds is 9. The van der Waals surface area contributed by atoms with Gasteiger partial charge in [-0.15, -0.1) is 0 Å². The Morgan fingerprint density at radius 2 is 1.73 bits per heavy atom. The molecule has 0 aliphatic rings. The van der Waals surface area contributed by atoms with Gasteiger partial charge in [0.25, 0.3) is 0 Å². The summed E-state index contributed by atoms with van der Waals surface area (Å²) < 4.78 is 28.0. The van der Waals surface area contributed by atoms with E-state index < -0.39 is 31.5 Å². The lowest BCUT2D eigenvalue weighted by molar-refractivity contribution is -0.150. The van der Waals surface area contributed by atoms with Crippen LogP contribution in [0.25, 0.3) is 0 Å². The van der Waals surface area contributed by atoms with Gasteiger partial charge < -0.3 is 19.7 Å². The van der Waals surface area contributed by atoms with Crippen molar-refractivity contribution in [2.45, 2.75) is 32.3 Å². The lowest BCUT2D eigenvalue weighted by Gasteiger charge is -2.25. The van der Waals surface area contributed by atoms with Crippen molar-refractivity contribution in [3.05, 3.63) is 70.7 Å². The second-order valence-electron chi connectivity index (χ2n) is 6.22. The van der Waals surface area contributed by atoms with E-state index in [1.165, 1.54) is 31.2 Å². The molecule has 0 spiro atoms. The molecular weight excluding hydrogens is 433 g/mol. The molecule has 8 nitrogen and oxygen atoms in total. The number of benzene rings is 2. The zero-order chi connectivity index (χ0) is 22.1. The molecule has 2 rings (SSSR count). The molecular formula is C20H23ClNO7P. The van der Waals surface area contributed by atoms with E-state index in [0.717, 1.165) is 5.56 Å². The Bertz CT molecular complexity index is 892. The molecule has 30 heavy (non-hydrogen) atoms. The van der Waals surface area contributed by atoms with Crippen molar-refractivity contribution >= 4 is 31.3 Å². The smallest absolute Gasteiger partial charge is 0.408 e. The highest BCUT2D eigenvalue weighted by atomic mass is 35.5. The highest BCUT2D eigenvalue weighted by Gasteiger charge is 2.39. The van der Waals surface area contributed by atoms with Crippen LogP contribution in [0.4, 0.5) is 4.79 Å². The Kier molecular flexibility index (Phi) is 8.87. The normalized spacial score (nSPS) is 14.8. The highest BCUT2D eigenvalue weighted by molar-refractivity contribution is 7.53. The molecule has 0 radical (unpaired) electrons. The van der Waals surface area contributed by atoms with Crippen LogP contribution >= 0.6 is 19.2 Å². The van der Waals surface area contributed by atoms with Crippen LogP contribution in [-0.2, 0) is 30.0 Å². The summed E-state index contributed by atoms with van der Waals surface area (Å²) in [5, 5.41) is 2.75. The summed E-state index contributed by atoms with van der Waals surface area (Å²) >= 11 is 5.88. The topological polar surface area (TPSA) is 111 Å². The zero-order valence-electron chi connectivity index (χ0n) is 16.5. The van der Waals surface area contributed by atoms with Gasteiger partial charge in [0.2, 0.25) is 0 Å². The maximum absolute atomic E-state index is 13.0. The average molecular weight is 456 g/mol. The molecule has 0 bridgehead atoms. The number of nitrogens with one attached hydrogen (secondary N) is 1. The van der Waals surface area contributed by atoms with Crippen LogP contribution in [0.3, 0.4) is 0 Å². The summed E-state index contributed by atoms with van der Waals surface area (Å²) in [6, 6.07) is 14.9. The van der Waals surface area contributed by atoms with Gasteiger partial charge in [-0.3, -0.25) is 9.09 Å². The minimum Gasteiger partial charge on any atom is -0.464 e. The Morgan fingerprint density at radius 3 is 2.33 bits per heavy atom. The fraction of sp³-hybridized carbons (Fsp3) is 0.300. The third-order valence-corrected chi connectivity index (χ3v) is 5.86. The number of halogens is 1. The standard InChI is InChI=1S/C20H23ClNO7P/c1-3-27-19(23)14(2)29-30(25,26)18(16-9-11-17(21)12-10-16)22-20(24)28-13-15-7-5-4-6-8-15/h4-12,14,18H,3,13H2,1-2H3,(H,22,24)(H,25,26)/t14-,18+/m1/s1. The van der Waals surface area contributed by atoms with Crippen LogP contribution < -0.4 is 5.32 Å². The first-order valence-electron chi connectivity index (χ1n) is 9.13. The SMILES string of the molecule is CCOC(=O)[C@@H](C)OP(=O)(O)[C@H](NC(=O)OCc1ccccc1)c1ccc(Cl)cc1. The molecule has 2 aromatic rings. The van der Waals surface area contributed by atoms with Crippen LogP contribution in [0, 0.1) is 0 Å². The Morgan fingerprint density at radius 1 is 1.10 bits per heavy atom. The van der Waals surface area contributed by atoms with E-state index in [0.29, 0.717) is 5.02 Å². The number of hydrogen-bond donors (Lipinski definition) is 2. The molecule has 3 atom stereocenters. The van der Waals surface area contributed by atoms with Gasteiger partial charge in [-0.25, -0.2) is 9.59 Å². The molecule has 0 fully saturated rings. The van der Waals surface area contributed by atoms with Gasteiger partial charge in [-0.05, 0) is 37.1 Å². The van der Waals surface area contributed by atoms with Crippen LogP contribution in [0.15, 0.2) is 54.6 Å². The summed E-state index contributed by atoms with van der Waals surface area (Å²) in [4.78, 5) is 34.6. The average Bonchev–Trinajstić information content (AvgIpc) is 2.72. The van der Waals surface area contributed by atoms with Crippen LogP contribution in [-0.4, -0.2) is 29.7 Å². The first kappa shape index (κ1) is 23.9. The van der Waals surface area contributed by atoms with E-state index in [4.69, 9.17) is 25.6 Å². The summed E-state index contributed by atoms with van der Waals surface area (Å²) in [6.07, 6.45) is -2.25. The van der Waals surface area contributed by atoms with E-state index in [2.05, 4.69) is 5.32 Å². The molecule has 2 N–H and O–H groups in total. The number of carbonyl (C=O) groups excluding carboxylic acids is 2. The summed E-state index contributed by atoms with van der Waals surface area (Å²) in [5.74, 6) is -2.29. The zero-order valence-corrected chi connectivity index (χ0v) is 18.1. The second-order valence-corrected chi connectivity index (χ2v) is 8.52.